The standard InChI is InChI=1S/C14H18N2O2/c1-3-15-9-11-7-10-8-12(18-4-2)5-6-13(10)16-14(11)17/h5-8,15H,3-4,9H2,1-2H3,(H,16,17). The van der Waals surface area contributed by atoms with Gasteiger partial charge in [0.1, 0.15) is 5.75 Å². The molecule has 2 rings (SSSR count). The van der Waals surface area contributed by atoms with E-state index in [4.69, 9.17) is 4.74 Å². The highest BCUT2D eigenvalue weighted by atomic mass is 16.5. The number of rotatable bonds is 5. The van der Waals surface area contributed by atoms with Gasteiger partial charge in [0.05, 0.1) is 6.61 Å². The SMILES string of the molecule is CCNCc1cc2cc(OCC)ccc2[nH]c1=O. The van der Waals surface area contributed by atoms with Gasteiger partial charge in [0.15, 0.2) is 0 Å². The molecule has 0 amide bonds. The van der Waals surface area contributed by atoms with Gasteiger partial charge in [-0.2, -0.15) is 0 Å². The number of H-pyrrole nitrogens is 1. The topological polar surface area (TPSA) is 54.1 Å². The summed E-state index contributed by atoms with van der Waals surface area (Å²) >= 11 is 0. The fourth-order valence-corrected chi connectivity index (χ4v) is 1.88. The van der Waals surface area contributed by atoms with Crippen molar-refractivity contribution in [3.8, 4) is 5.75 Å². The van der Waals surface area contributed by atoms with Crippen molar-refractivity contribution in [1.82, 2.24) is 10.3 Å². The number of fused-ring (bicyclic) bond motifs is 1. The molecular weight excluding hydrogens is 228 g/mol. The Morgan fingerprint density at radius 3 is 2.83 bits per heavy atom. The highest BCUT2D eigenvalue weighted by molar-refractivity contribution is 5.80. The summed E-state index contributed by atoms with van der Waals surface area (Å²) in [6.07, 6.45) is 0. The molecule has 1 aromatic heterocycles. The van der Waals surface area contributed by atoms with E-state index in [2.05, 4.69) is 10.3 Å². The second-order valence-electron chi connectivity index (χ2n) is 4.09. The summed E-state index contributed by atoms with van der Waals surface area (Å²) < 4.78 is 5.46. The summed E-state index contributed by atoms with van der Waals surface area (Å²) in [5, 5.41) is 4.15. The highest BCUT2D eigenvalue weighted by Gasteiger charge is 2.03. The zero-order valence-electron chi connectivity index (χ0n) is 10.7. The minimum atomic E-state index is -0.0346. The minimum absolute atomic E-state index is 0.0346. The van der Waals surface area contributed by atoms with Crippen molar-refractivity contribution in [2.45, 2.75) is 20.4 Å². The van der Waals surface area contributed by atoms with E-state index in [0.717, 1.165) is 28.8 Å². The zero-order valence-corrected chi connectivity index (χ0v) is 10.7. The van der Waals surface area contributed by atoms with E-state index >= 15 is 0 Å². The molecule has 4 heteroatoms. The Balaban J connectivity index is 2.42. The predicted molar refractivity (Wildman–Crippen MR) is 73.1 cm³/mol. The fraction of sp³-hybridized carbons (Fsp3) is 0.357. The van der Waals surface area contributed by atoms with Crippen molar-refractivity contribution < 1.29 is 4.74 Å². The summed E-state index contributed by atoms with van der Waals surface area (Å²) in [5.41, 5.74) is 1.55. The van der Waals surface area contributed by atoms with Crippen LogP contribution in [0.5, 0.6) is 5.75 Å². The molecule has 0 aliphatic rings. The van der Waals surface area contributed by atoms with Crippen LogP contribution in [0.3, 0.4) is 0 Å². The third-order valence-corrected chi connectivity index (χ3v) is 2.77. The predicted octanol–water partition coefficient (Wildman–Crippen LogP) is 2.04. The first-order valence-electron chi connectivity index (χ1n) is 6.24. The summed E-state index contributed by atoms with van der Waals surface area (Å²) in [5.74, 6) is 0.825. The number of aromatic nitrogens is 1. The maximum atomic E-state index is 11.8. The molecule has 0 unspecified atom stereocenters. The summed E-state index contributed by atoms with van der Waals surface area (Å²) in [6.45, 7) is 6.03. The Morgan fingerprint density at radius 2 is 2.11 bits per heavy atom. The second-order valence-corrected chi connectivity index (χ2v) is 4.09. The first kappa shape index (κ1) is 12.6. The van der Waals surface area contributed by atoms with Crippen molar-refractivity contribution in [2.75, 3.05) is 13.2 Å². The highest BCUT2D eigenvalue weighted by Crippen LogP contribution is 2.19. The van der Waals surface area contributed by atoms with E-state index in [1.54, 1.807) is 0 Å². The van der Waals surface area contributed by atoms with Crippen LogP contribution in [0, 0.1) is 0 Å². The number of ether oxygens (including phenoxy) is 1. The van der Waals surface area contributed by atoms with Gasteiger partial charge in [-0.1, -0.05) is 6.92 Å². The quantitative estimate of drug-likeness (QED) is 0.848. The summed E-state index contributed by atoms with van der Waals surface area (Å²) in [4.78, 5) is 14.7. The molecular formula is C14H18N2O2. The first-order valence-corrected chi connectivity index (χ1v) is 6.24. The third-order valence-electron chi connectivity index (χ3n) is 2.77. The molecule has 18 heavy (non-hydrogen) atoms. The van der Waals surface area contributed by atoms with E-state index in [9.17, 15) is 4.79 Å². The molecule has 96 valence electrons. The van der Waals surface area contributed by atoms with Gasteiger partial charge in [0.2, 0.25) is 0 Å². The third kappa shape index (κ3) is 2.71. The van der Waals surface area contributed by atoms with Gasteiger partial charge in [0, 0.05) is 23.0 Å². The average Bonchev–Trinajstić information content (AvgIpc) is 2.37. The van der Waals surface area contributed by atoms with Crippen molar-refractivity contribution in [2.24, 2.45) is 0 Å². The summed E-state index contributed by atoms with van der Waals surface area (Å²) in [6, 6.07) is 7.61. The van der Waals surface area contributed by atoms with Gasteiger partial charge in [-0.15, -0.1) is 0 Å². The molecule has 0 atom stereocenters. The molecule has 1 heterocycles. The van der Waals surface area contributed by atoms with Gasteiger partial charge < -0.3 is 15.0 Å². The minimum Gasteiger partial charge on any atom is -0.494 e. The van der Waals surface area contributed by atoms with Crippen LogP contribution in [0.4, 0.5) is 0 Å². The molecule has 2 aromatic rings. The van der Waals surface area contributed by atoms with Crippen LogP contribution in [0.2, 0.25) is 0 Å². The van der Waals surface area contributed by atoms with E-state index in [0.29, 0.717) is 13.2 Å². The Kier molecular flexibility index (Phi) is 3.99. The average molecular weight is 246 g/mol. The van der Waals surface area contributed by atoms with Crippen molar-refractivity contribution in [3.05, 3.63) is 40.2 Å². The smallest absolute Gasteiger partial charge is 0.252 e. The Labute approximate surface area is 106 Å². The molecule has 0 saturated carbocycles. The van der Waals surface area contributed by atoms with Gasteiger partial charge in [-0.05, 0) is 37.7 Å². The second kappa shape index (κ2) is 5.69. The lowest BCUT2D eigenvalue weighted by atomic mass is 10.1. The van der Waals surface area contributed by atoms with E-state index in [1.165, 1.54) is 0 Å². The van der Waals surface area contributed by atoms with E-state index in [1.807, 2.05) is 38.1 Å². The number of nitrogens with one attached hydrogen (secondary N) is 2. The lowest BCUT2D eigenvalue weighted by molar-refractivity contribution is 0.340. The van der Waals surface area contributed by atoms with Crippen molar-refractivity contribution in [1.29, 1.82) is 0 Å². The van der Waals surface area contributed by atoms with E-state index < -0.39 is 0 Å². The van der Waals surface area contributed by atoms with Gasteiger partial charge in [-0.3, -0.25) is 4.79 Å². The Bertz CT molecular complexity index is 590. The van der Waals surface area contributed by atoms with Gasteiger partial charge in [-0.25, -0.2) is 0 Å². The molecule has 0 saturated heterocycles. The lowest BCUT2D eigenvalue weighted by Crippen LogP contribution is -2.20. The van der Waals surface area contributed by atoms with Crippen LogP contribution in [0.15, 0.2) is 29.1 Å². The molecule has 4 nitrogen and oxygen atoms in total. The Hall–Kier alpha value is -1.81. The van der Waals surface area contributed by atoms with Crippen molar-refractivity contribution in [3.63, 3.8) is 0 Å². The van der Waals surface area contributed by atoms with Crippen LogP contribution >= 0.6 is 0 Å². The monoisotopic (exact) mass is 246 g/mol. The van der Waals surface area contributed by atoms with Crippen LogP contribution < -0.4 is 15.6 Å². The lowest BCUT2D eigenvalue weighted by Gasteiger charge is -2.06. The fourth-order valence-electron chi connectivity index (χ4n) is 1.88. The molecule has 0 bridgehead atoms. The maximum Gasteiger partial charge on any atom is 0.252 e. The summed E-state index contributed by atoms with van der Waals surface area (Å²) in [7, 11) is 0. The largest absolute Gasteiger partial charge is 0.494 e. The molecule has 2 N–H and O–H groups in total. The van der Waals surface area contributed by atoms with Crippen LogP contribution in [0.1, 0.15) is 19.4 Å². The Morgan fingerprint density at radius 1 is 1.28 bits per heavy atom. The first-order chi connectivity index (χ1) is 8.74. The number of hydrogen-bond donors (Lipinski definition) is 2. The van der Waals surface area contributed by atoms with E-state index in [-0.39, 0.29) is 5.56 Å². The molecule has 0 spiro atoms. The maximum absolute atomic E-state index is 11.8. The number of hydrogen-bond acceptors (Lipinski definition) is 3. The molecule has 0 aliphatic carbocycles. The van der Waals surface area contributed by atoms with Crippen LogP contribution in [0.25, 0.3) is 10.9 Å². The van der Waals surface area contributed by atoms with Gasteiger partial charge in [0.25, 0.3) is 5.56 Å². The van der Waals surface area contributed by atoms with Crippen LogP contribution in [-0.2, 0) is 6.54 Å². The van der Waals surface area contributed by atoms with Gasteiger partial charge >= 0.3 is 0 Å². The number of pyridine rings is 1. The molecule has 0 radical (unpaired) electrons. The number of aromatic amines is 1. The molecule has 0 fully saturated rings. The normalized spacial score (nSPS) is 10.8. The van der Waals surface area contributed by atoms with Crippen LogP contribution in [-0.4, -0.2) is 18.1 Å². The zero-order chi connectivity index (χ0) is 13.0. The molecule has 0 aliphatic heterocycles. The number of benzene rings is 1. The van der Waals surface area contributed by atoms with Crippen molar-refractivity contribution >= 4 is 10.9 Å². The molecule has 1 aromatic carbocycles.